The molecule has 1 aliphatic heterocycles. The zero-order valence-corrected chi connectivity index (χ0v) is 18.6. The number of carbonyl (C=O) groups is 1. The minimum atomic E-state index is -4.93. The minimum Gasteiger partial charge on any atom is -0.394 e. The molecule has 1 aromatic carbocycles. The van der Waals surface area contributed by atoms with Crippen molar-refractivity contribution in [1.82, 2.24) is 9.55 Å². The van der Waals surface area contributed by atoms with E-state index in [0.717, 1.165) is 10.6 Å². The van der Waals surface area contributed by atoms with Gasteiger partial charge in [-0.1, -0.05) is 11.8 Å². The van der Waals surface area contributed by atoms with Crippen molar-refractivity contribution >= 4 is 17.3 Å². The van der Waals surface area contributed by atoms with Crippen molar-refractivity contribution in [3.8, 4) is 11.8 Å². The molecule has 0 amide bonds. The van der Waals surface area contributed by atoms with Gasteiger partial charge in [-0.3, -0.25) is 19.5 Å². The van der Waals surface area contributed by atoms with E-state index in [9.17, 15) is 38.0 Å². The van der Waals surface area contributed by atoms with Gasteiger partial charge in [0.1, 0.15) is 18.1 Å². The molecule has 1 saturated heterocycles. The fourth-order valence-corrected chi connectivity index (χ4v) is 3.41. The first-order chi connectivity index (χ1) is 17.0. The van der Waals surface area contributed by atoms with Gasteiger partial charge in [0.2, 0.25) is 5.78 Å². The molecule has 192 valence electrons. The number of halogens is 3. The van der Waals surface area contributed by atoms with Crippen LogP contribution in [-0.4, -0.2) is 55.5 Å². The highest BCUT2D eigenvalue weighted by atomic mass is 19.4. The molecular formula is C22H21F3N4O7. The van der Waals surface area contributed by atoms with Crippen molar-refractivity contribution in [2.45, 2.75) is 50.4 Å². The molecule has 3 N–H and O–H groups in total. The normalized spacial score (nSPS) is 19.4. The topological polar surface area (TPSA) is 157 Å². The number of ether oxygens (including phenoxy) is 1. The Labute approximate surface area is 201 Å². The van der Waals surface area contributed by atoms with Gasteiger partial charge in [0.25, 0.3) is 5.69 Å². The molecule has 11 nitrogen and oxygen atoms in total. The van der Waals surface area contributed by atoms with Crippen molar-refractivity contribution in [3.63, 3.8) is 0 Å². The first-order valence-electron chi connectivity index (χ1n) is 10.6. The van der Waals surface area contributed by atoms with Crippen LogP contribution in [0.2, 0.25) is 0 Å². The summed E-state index contributed by atoms with van der Waals surface area (Å²) >= 11 is 0. The third-order valence-electron chi connectivity index (χ3n) is 5.29. The molecule has 1 unspecified atom stereocenters. The number of hydrogen-bond acceptors (Lipinski definition) is 9. The fraction of sp³-hybridized carbons (Fsp3) is 0.409. The third-order valence-corrected chi connectivity index (χ3v) is 5.29. The Morgan fingerprint density at radius 3 is 2.72 bits per heavy atom. The Morgan fingerprint density at radius 1 is 1.36 bits per heavy atom. The lowest BCUT2D eigenvalue weighted by atomic mass is 10.1. The number of rotatable bonds is 8. The lowest BCUT2D eigenvalue weighted by Gasteiger charge is -2.15. The molecular weight excluding hydrogens is 489 g/mol. The molecule has 0 aliphatic carbocycles. The summed E-state index contributed by atoms with van der Waals surface area (Å²) in [7, 11) is 0. The van der Waals surface area contributed by atoms with Gasteiger partial charge in [-0.05, 0) is 18.2 Å². The molecule has 3 rings (SSSR count). The molecule has 36 heavy (non-hydrogen) atoms. The van der Waals surface area contributed by atoms with Crippen LogP contribution in [0.15, 0.2) is 35.3 Å². The summed E-state index contributed by atoms with van der Waals surface area (Å²) in [5, 5.41) is 33.3. The van der Waals surface area contributed by atoms with Gasteiger partial charge in [0, 0.05) is 49.2 Å². The highest BCUT2D eigenvalue weighted by Crippen LogP contribution is 2.27. The van der Waals surface area contributed by atoms with E-state index in [2.05, 4.69) is 22.1 Å². The van der Waals surface area contributed by atoms with Gasteiger partial charge in [-0.25, -0.2) is 4.79 Å². The maximum atomic E-state index is 12.4. The van der Waals surface area contributed by atoms with Crippen LogP contribution in [0.25, 0.3) is 0 Å². The Bertz CT molecular complexity index is 1250. The second-order valence-electron chi connectivity index (χ2n) is 7.79. The van der Waals surface area contributed by atoms with Crippen molar-refractivity contribution in [3.05, 3.63) is 62.2 Å². The van der Waals surface area contributed by atoms with Crippen LogP contribution in [0.3, 0.4) is 0 Å². The number of nitro groups is 1. The molecule has 1 fully saturated rings. The smallest absolute Gasteiger partial charge is 0.394 e. The number of carbonyl (C=O) groups excluding carboxylic acids is 1. The van der Waals surface area contributed by atoms with Crippen LogP contribution in [-0.2, 0) is 16.1 Å². The number of anilines is 1. The summed E-state index contributed by atoms with van der Waals surface area (Å²) in [6.07, 6.45) is -7.14. The van der Waals surface area contributed by atoms with Gasteiger partial charge in [0.15, 0.2) is 0 Å². The van der Waals surface area contributed by atoms with E-state index < -0.39 is 54.0 Å². The quantitative estimate of drug-likeness (QED) is 0.273. The molecule has 0 bridgehead atoms. The number of nitrogens with one attached hydrogen (secondary N) is 1. The molecule has 1 aromatic heterocycles. The largest absolute Gasteiger partial charge is 0.450 e. The number of aliphatic hydroxyl groups is 2. The summed E-state index contributed by atoms with van der Waals surface area (Å²) in [6, 6.07) is 5.44. The number of alkyl halides is 3. The summed E-state index contributed by atoms with van der Waals surface area (Å²) in [6.45, 7) is -0.480. The molecule has 3 atom stereocenters. The SMILES string of the molecule is O=C(CCC#Cc1ccc(CNc2ccn([C@H]3CC(O)[C@@H](CO)O3)c(=O)n2)c([N+](=O)[O-])c1)C(F)(F)F. The molecule has 1 aliphatic rings. The molecule has 2 heterocycles. The van der Waals surface area contributed by atoms with Crippen molar-refractivity contribution in [2.24, 2.45) is 0 Å². The molecule has 0 spiro atoms. The highest BCUT2D eigenvalue weighted by molar-refractivity contribution is 5.84. The van der Waals surface area contributed by atoms with E-state index in [1.54, 1.807) is 0 Å². The van der Waals surface area contributed by atoms with E-state index in [-0.39, 0.29) is 42.0 Å². The third kappa shape index (κ3) is 6.66. The Balaban J connectivity index is 1.66. The Morgan fingerprint density at radius 2 is 2.11 bits per heavy atom. The first kappa shape index (κ1) is 26.8. The van der Waals surface area contributed by atoms with E-state index >= 15 is 0 Å². The number of nitro benzene ring substituents is 1. The van der Waals surface area contributed by atoms with Crippen LogP contribution in [0.5, 0.6) is 0 Å². The number of hydrogen-bond donors (Lipinski definition) is 3. The van der Waals surface area contributed by atoms with E-state index in [4.69, 9.17) is 9.84 Å². The number of Topliss-reactive ketones (excluding diaryl/α,β-unsaturated/α-hetero) is 1. The number of benzene rings is 1. The zero-order chi connectivity index (χ0) is 26.5. The maximum Gasteiger partial charge on any atom is 0.450 e. The highest BCUT2D eigenvalue weighted by Gasteiger charge is 2.37. The van der Waals surface area contributed by atoms with Crippen LogP contribution < -0.4 is 11.0 Å². The lowest BCUT2D eigenvalue weighted by Crippen LogP contribution is -2.28. The predicted octanol–water partition coefficient (Wildman–Crippen LogP) is 1.67. The molecule has 14 heteroatoms. The van der Waals surface area contributed by atoms with Gasteiger partial charge in [-0.15, -0.1) is 0 Å². The second-order valence-corrected chi connectivity index (χ2v) is 7.79. The van der Waals surface area contributed by atoms with Crippen molar-refractivity contribution < 1.29 is 37.8 Å². The average molecular weight is 510 g/mol. The molecule has 0 radical (unpaired) electrons. The number of aliphatic hydroxyl groups excluding tert-OH is 2. The number of aromatic nitrogens is 2. The predicted molar refractivity (Wildman–Crippen MR) is 118 cm³/mol. The molecule has 2 aromatic rings. The van der Waals surface area contributed by atoms with Crippen LogP contribution in [0.1, 0.15) is 36.6 Å². The zero-order valence-electron chi connectivity index (χ0n) is 18.6. The average Bonchev–Trinajstić information content (AvgIpc) is 3.20. The van der Waals surface area contributed by atoms with Gasteiger partial charge >= 0.3 is 11.9 Å². The van der Waals surface area contributed by atoms with Crippen LogP contribution in [0.4, 0.5) is 24.7 Å². The monoisotopic (exact) mass is 510 g/mol. The van der Waals surface area contributed by atoms with Gasteiger partial charge in [-0.2, -0.15) is 18.2 Å². The molecule has 0 saturated carbocycles. The summed E-state index contributed by atoms with van der Waals surface area (Å²) in [5.41, 5.74) is -0.584. The van der Waals surface area contributed by atoms with Gasteiger partial charge in [0.05, 0.1) is 17.6 Å². The first-order valence-corrected chi connectivity index (χ1v) is 10.6. The fourth-order valence-electron chi connectivity index (χ4n) is 3.41. The van der Waals surface area contributed by atoms with E-state index in [1.165, 1.54) is 24.4 Å². The van der Waals surface area contributed by atoms with E-state index in [1.807, 2.05) is 0 Å². The standard InChI is InChI=1S/C22H21F3N4O7/c23-22(24,25)18(32)4-2-1-3-13-5-6-14(15(9-13)29(34)35)11-26-19-7-8-28(21(33)27-19)20-10-16(31)17(12-30)36-20/h5-9,16-17,20,30-31H,2,4,10-12H2,(H,26,27,33)/t16?,17-,20-/m1/s1. The minimum absolute atomic E-state index is 0.0776. The van der Waals surface area contributed by atoms with Crippen LogP contribution >= 0.6 is 0 Å². The van der Waals surface area contributed by atoms with Crippen molar-refractivity contribution in [1.29, 1.82) is 0 Å². The van der Waals surface area contributed by atoms with E-state index in [0.29, 0.717) is 0 Å². The van der Waals surface area contributed by atoms with Gasteiger partial charge < -0.3 is 20.3 Å². The van der Waals surface area contributed by atoms with Crippen LogP contribution in [0, 0.1) is 22.0 Å². The summed E-state index contributed by atoms with van der Waals surface area (Å²) in [5.74, 6) is 3.13. The Kier molecular flexibility index (Phi) is 8.41. The Hall–Kier alpha value is -3.80. The summed E-state index contributed by atoms with van der Waals surface area (Å²) < 4.78 is 43.2. The van der Waals surface area contributed by atoms with Crippen molar-refractivity contribution in [2.75, 3.05) is 11.9 Å². The number of ketones is 1. The summed E-state index contributed by atoms with van der Waals surface area (Å²) in [4.78, 5) is 37.9. The second kappa shape index (κ2) is 11.3. The number of nitrogens with zero attached hydrogens (tertiary/aromatic N) is 3. The lowest BCUT2D eigenvalue weighted by molar-refractivity contribution is -0.385. The maximum absolute atomic E-state index is 12.4.